The van der Waals surface area contributed by atoms with Crippen LogP contribution in [0.1, 0.15) is 29.8 Å². The lowest BCUT2D eigenvalue weighted by molar-refractivity contribution is 0.248. The zero-order valence-electron chi connectivity index (χ0n) is 13.6. The first kappa shape index (κ1) is 15.4. The number of aromatic nitrogens is 1. The fourth-order valence-corrected chi connectivity index (χ4v) is 2.74. The molecule has 1 atom stereocenters. The summed E-state index contributed by atoms with van der Waals surface area (Å²) in [6.07, 6.45) is 1.81. The summed E-state index contributed by atoms with van der Waals surface area (Å²) in [5.74, 6) is 0. The third-order valence-corrected chi connectivity index (χ3v) is 4.22. The van der Waals surface area contributed by atoms with Gasteiger partial charge < -0.3 is 4.42 Å². The Balaban J connectivity index is 1.85. The van der Waals surface area contributed by atoms with Crippen LogP contribution in [0.3, 0.4) is 0 Å². The van der Waals surface area contributed by atoms with E-state index in [1.54, 1.807) is 0 Å². The highest BCUT2D eigenvalue weighted by molar-refractivity contribution is 5.80. The Morgan fingerprint density at radius 2 is 2.04 bits per heavy atom. The van der Waals surface area contributed by atoms with Gasteiger partial charge in [-0.2, -0.15) is 0 Å². The molecule has 1 aromatic carbocycles. The zero-order valence-corrected chi connectivity index (χ0v) is 13.6. The SMILES string of the molecule is Cc1cc(=O)oc2cc(CN(C)[C@H](C)c3ccccn3)ccc12. The normalized spacial score (nSPS) is 12.7. The van der Waals surface area contributed by atoms with Gasteiger partial charge in [-0.1, -0.05) is 18.2 Å². The first-order valence-corrected chi connectivity index (χ1v) is 7.69. The van der Waals surface area contributed by atoms with Crippen LogP contribution >= 0.6 is 0 Å². The third-order valence-electron chi connectivity index (χ3n) is 4.22. The Bertz CT molecular complexity index is 871. The van der Waals surface area contributed by atoms with Crippen molar-refractivity contribution in [1.82, 2.24) is 9.88 Å². The van der Waals surface area contributed by atoms with Crippen LogP contribution in [0.15, 0.2) is 57.9 Å². The van der Waals surface area contributed by atoms with Crippen molar-refractivity contribution in [1.29, 1.82) is 0 Å². The van der Waals surface area contributed by atoms with Gasteiger partial charge in [0.15, 0.2) is 0 Å². The molecule has 4 heteroatoms. The topological polar surface area (TPSA) is 46.3 Å². The van der Waals surface area contributed by atoms with E-state index in [1.165, 1.54) is 6.07 Å². The lowest BCUT2D eigenvalue weighted by Crippen LogP contribution is -2.22. The van der Waals surface area contributed by atoms with Gasteiger partial charge in [0.1, 0.15) is 5.58 Å². The van der Waals surface area contributed by atoms with Gasteiger partial charge >= 0.3 is 5.63 Å². The second-order valence-electron chi connectivity index (χ2n) is 5.92. The summed E-state index contributed by atoms with van der Waals surface area (Å²) in [5.41, 5.74) is 3.43. The average Bonchev–Trinajstić information content (AvgIpc) is 2.54. The molecule has 0 aliphatic rings. The van der Waals surface area contributed by atoms with Crippen LogP contribution in [0, 0.1) is 6.92 Å². The minimum Gasteiger partial charge on any atom is -0.423 e. The maximum Gasteiger partial charge on any atom is 0.336 e. The maximum atomic E-state index is 11.5. The summed E-state index contributed by atoms with van der Waals surface area (Å²) < 4.78 is 5.32. The Morgan fingerprint density at radius 1 is 1.22 bits per heavy atom. The van der Waals surface area contributed by atoms with E-state index in [2.05, 4.69) is 29.9 Å². The Labute approximate surface area is 135 Å². The molecular formula is C19H20N2O2. The molecule has 23 heavy (non-hydrogen) atoms. The minimum absolute atomic E-state index is 0.205. The lowest BCUT2D eigenvalue weighted by atomic mass is 10.1. The Hall–Kier alpha value is -2.46. The van der Waals surface area contributed by atoms with E-state index in [4.69, 9.17) is 4.42 Å². The molecule has 3 rings (SSSR count). The molecule has 2 aromatic heterocycles. The van der Waals surface area contributed by atoms with Crippen molar-refractivity contribution in [3.8, 4) is 0 Å². The summed E-state index contributed by atoms with van der Waals surface area (Å²) >= 11 is 0. The number of aryl methyl sites for hydroxylation is 1. The molecule has 0 amide bonds. The molecule has 0 fully saturated rings. The van der Waals surface area contributed by atoms with Crippen molar-refractivity contribution in [3.05, 3.63) is 75.9 Å². The van der Waals surface area contributed by atoms with E-state index >= 15 is 0 Å². The van der Waals surface area contributed by atoms with Gasteiger partial charge in [0.25, 0.3) is 0 Å². The summed E-state index contributed by atoms with van der Waals surface area (Å²) in [7, 11) is 2.07. The van der Waals surface area contributed by atoms with Crippen molar-refractivity contribution in [2.24, 2.45) is 0 Å². The Kier molecular flexibility index (Phi) is 4.26. The van der Waals surface area contributed by atoms with Gasteiger partial charge in [-0.3, -0.25) is 9.88 Å². The fourth-order valence-electron chi connectivity index (χ4n) is 2.74. The number of benzene rings is 1. The van der Waals surface area contributed by atoms with Crippen LogP contribution in [-0.2, 0) is 6.54 Å². The molecular weight excluding hydrogens is 288 g/mol. The third kappa shape index (κ3) is 3.32. The fraction of sp³-hybridized carbons (Fsp3) is 0.263. The van der Waals surface area contributed by atoms with Crippen LogP contribution in [0.25, 0.3) is 11.0 Å². The van der Waals surface area contributed by atoms with Crippen LogP contribution < -0.4 is 5.63 Å². The second-order valence-corrected chi connectivity index (χ2v) is 5.92. The quantitative estimate of drug-likeness (QED) is 0.690. The molecule has 0 bridgehead atoms. The van der Waals surface area contributed by atoms with Gasteiger partial charge in [0.05, 0.1) is 5.69 Å². The van der Waals surface area contributed by atoms with Crippen LogP contribution in [0.4, 0.5) is 0 Å². The van der Waals surface area contributed by atoms with Gasteiger partial charge in [-0.05, 0) is 50.2 Å². The van der Waals surface area contributed by atoms with E-state index < -0.39 is 0 Å². The predicted molar refractivity (Wildman–Crippen MR) is 91.3 cm³/mol. The average molecular weight is 308 g/mol. The van der Waals surface area contributed by atoms with Crippen molar-refractivity contribution < 1.29 is 4.42 Å². The van der Waals surface area contributed by atoms with E-state index in [0.717, 1.165) is 28.8 Å². The highest BCUT2D eigenvalue weighted by Gasteiger charge is 2.13. The molecule has 0 aliphatic heterocycles. The standard InChI is InChI=1S/C19H20N2O2/c1-13-10-19(22)23-18-11-15(7-8-16(13)18)12-21(3)14(2)17-6-4-5-9-20-17/h4-11,14H,12H2,1-3H3/t14-/m1/s1. The number of hydrogen-bond donors (Lipinski definition) is 0. The van der Waals surface area contributed by atoms with Crippen LogP contribution in [0.5, 0.6) is 0 Å². The molecule has 2 heterocycles. The molecule has 0 radical (unpaired) electrons. The summed E-state index contributed by atoms with van der Waals surface area (Å²) in [6, 6.07) is 13.7. The van der Waals surface area contributed by atoms with Crippen molar-refractivity contribution in [3.63, 3.8) is 0 Å². The van der Waals surface area contributed by atoms with E-state index in [0.29, 0.717) is 5.58 Å². The molecule has 0 spiro atoms. The molecule has 0 saturated heterocycles. The smallest absolute Gasteiger partial charge is 0.336 e. The van der Waals surface area contributed by atoms with E-state index in [1.807, 2.05) is 43.5 Å². The highest BCUT2D eigenvalue weighted by atomic mass is 16.4. The maximum absolute atomic E-state index is 11.5. The molecule has 4 nitrogen and oxygen atoms in total. The molecule has 118 valence electrons. The van der Waals surface area contributed by atoms with Crippen molar-refractivity contribution in [2.45, 2.75) is 26.4 Å². The first-order valence-electron chi connectivity index (χ1n) is 7.69. The van der Waals surface area contributed by atoms with Gasteiger partial charge in [0.2, 0.25) is 0 Å². The van der Waals surface area contributed by atoms with Crippen molar-refractivity contribution in [2.75, 3.05) is 7.05 Å². The Morgan fingerprint density at radius 3 is 2.78 bits per heavy atom. The van der Waals surface area contributed by atoms with Crippen molar-refractivity contribution >= 4 is 11.0 Å². The molecule has 3 aromatic rings. The van der Waals surface area contributed by atoms with Gasteiger partial charge in [-0.15, -0.1) is 0 Å². The largest absolute Gasteiger partial charge is 0.423 e. The number of hydrogen-bond acceptors (Lipinski definition) is 4. The number of fused-ring (bicyclic) bond motifs is 1. The molecule has 0 aliphatic carbocycles. The number of nitrogens with zero attached hydrogens (tertiary/aromatic N) is 2. The second kappa shape index (κ2) is 6.34. The summed E-state index contributed by atoms with van der Waals surface area (Å²) in [6.45, 7) is 4.81. The van der Waals surface area contributed by atoms with Gasteiger partial charge in [0, 0.05) is 30.2 Å². The predicted octanol–water partition coefficient (Wildman–Crippen LogP) is 3.69. The molecule has 0 unspecified atom stereocenters. The summed E-state index contributed by atoms with van der Waals surface area (Å²) in [5, 5.41) is 0.980. The monoisotopic (exact) mass is 308 g/mol. The van der Waals surface area contributed by atoms with Gasteiger partial charge in [-0.25, -0.2) is 4.79 Å². The molecule has 0 saturated carbocycles. The first-order chi connectivity index (χ1) is 11.0. The summed E-state index contributed by atoms with van der Waals surface area (Å²) in [4.78, 5) is 18.2. The van der Waals surface area contributed by atoms with Crippen LogP contribution in [0.2, 0.25) is 0 Å². The highest BCUT2D eigenvalue weighted by Crippen LogP contribution is 2.22. The number of rotatable bonds is 4. The number of pyridine rings is 1. The lowest BCUT2D eigenvalue weighted by Gasteiger charge is -2.24. The van der Waals surface area contributed by atoms with Crippen LogP contribution in [-0.4, -0.2) is 16.9 Å². The minimum atomic E-state index is -0.303. The zero-order chi connectivity index (χ0) is 16.4. The molecule has 0 N–H and O–H groups in total. The van der Waals surface area contributed by atoms with E-state index in [-0.39, 0.29) is 11.7 Å². The van der Waals surface area contributed by atoms with E-state index in [9.17, 15) is 4.79 Å².